The van der Waals surface area contributed by atoms with Gasteiger partial charge in [0.05, 0.1) is 30.2 Å². The van der Waals surface area contributed by atoms with Crippen molar-refractivity contribution in [2.24, 2.45) is 0 Å². The standard InChI is InChI=1S/C17H18N6O2/c1-25-14-10-15(16-18-6-7-19-16)22(11-14)17(24)12-2-4-13(5-3-12)23-9-8-20-21-23/h2-9,14-15H,10-11H2,1H3,(H,18,19)/t14-,15?/m1/s1. The topological polar surface area (TPSA) is 88.9 Å². The van der Waals surface area contributed by atoms with Gasteiger partial charge in [-0.3, -0.25) is 4.79 Å². The van der Waals surface area contributed by atoms with E-state index < -0.39 is 0 Å². The number of ether oxygens (including phenoxy) is 1. The number of aromatic amines is 1. The molecule has 1 fully saturated rings. The Labute approximate surface area is 144 Å². The van der Waals surface area contributed by atoms with Crippen LogP contribution in [0.4, 0.5) is 0 Å². The van der Waals surface area contributed by atoms with Crippen LogP contribution in [0.5, 0.6) is 0 Å². The highest BCUT2D eigenvalue weighted by Gasteiger charge is 2.38. The summed E-state index contributed by atoms with van der Waals surface area (Å²) in [4.78, 5) is 22.2. The van der Waals surface area contributed by atoms with E-state index in [4.69, 9.17) is 4.74 Å². The Hall–Kier alpha value is -3.00. The Balaban J connectivity index is 1.58. The van der Waals surface area contributed by atoms with Crippen LogP contribution in [-0.2, 0) is 4.74 Å². The van der Waals surface area contributed by atoms with Crippen molar-refractivity contribution < 1.29 is 9.53 Å². The molecule has 0 saturated carbocycles. The molecule has 3 heterocycles. The van der Waals surface area contributed by atoms with E-state index in [1.165, 1.54) is 0 Å². The number of nitrogens with one attached hydrogen (secondary N) is 1. The zero-order valence-electron chi connectivity index (χ0n) is 13.7. The van der Waals surface area contributed by atoms with E-state index in [2.05, 4.69) is 20.3 Å². The molecule has 3 aromatic rings. The molecule has 1 amide bonds. The van der Waals surface area contributed by atoms with E-state index >= 15 is 0 Å². The van der Waals surface area contributed by atoms with Gasteiger partial charge in [0.1, 0.15) is 5.82 Å². The molecule has 1 saturated heterocycles. The molecule has 2 atom stereocenters. The summed E-state index contributed by atoms with van der Waals surface area (Å²) < 4.78 is 7.12. The van der Waals surface area contributed by atoms with E-state index in [0.717, 1.165) is 17.9 Å². The molecule has 25 heavy (non-hydrogen) atoms. The first-order chi connectivity index (χ1) is 12.3. The van der Waals surface area contributed by atoms with Crippen LogP contribution in [0.3, 0.4) is 0 Å². The van der Waals surface area contributed by atoms with Gasteiger partial charge >= 0.3 is 0 Å². The van der Waals surface area contributed by atoms with Gasteiger partial charge in [0.25, 0.3) is 5.91 Å². The summed E-state index contributed by atoms with van der Waals surface area (Å²) in [7, 11) is 1.67. The monoisotopic (exact) mass is 338 g/mol. The first-order valence-corrected chi connectivity index (χ1v) is 8.06. The lowest BCUT2D eigenvalue weighted by Gasteiger charge is -2.23. The molecule has 2 aromatic heterocycles. The summed E-state index contributed by atoms with van der Waals surface area (Å²) in [5.74, 6) is 0.748. The maximum atomic E-state index is 13.0. The average molecular weight is 338 g/mol. The lowest BCUT2D eigenvalue weighted by atomic mass is 10.1. The lowest BCUT2D eigenvalue weighted by Crippen LogP contribution is -2.32. The van der Waals surface area contributed by atoms with E-state index in [1.807, 2.05) is 17.0 Å². The van der Waals surface area contributed by atoms with Crippen LogP contribution in [-0.4, -0.2) is 55.5 Å². The molecule has 0 bridgehead atoms. The third-order valence-electron chi connectivity index (χ3n) is 4.49. The van der Waals surface area contributed by atoms with Crippen LogP contribution in [0.25, 0.3) is 5.69 Å². The van der Waals surface area contributed by atoms with Crippen LogP contribution in [0, 0.1) is 0 Å². The van der Waals surface area contributed by atoms with Gasteiger partial charge in [-0.2, -0.15) is 0 Å². The van der Waals surface area contributed by atoms with Gasteiger partial charge < -0.3 is 14.6 Å². The summed E-state index contributed by atoms with van der Waals surface area (Å²) in [6, 6.07) is 7.21. The number of methoxy groups -OCH3 is 1. The zero-order valence-corrected chi connectivity index (χ0v) is 13.7. The molecule has 8 heteroatoms. The number of carbonyl (C=O) groups is 1. The molecule has 1 N–H and O–H groups in total. The predicted molar refractivity (Wildman–Crippen MR) is 89.1 cm³/mol. The van der Waals surface area contributed by atoms with Crippen molar-refractivity contribution in [3.05, 3.63) is 60.4 Å². The summed E-state index contributed by atoms with van der Waals surface area (Å²) in [6.07, 6.45) is 7.58. The van der Waals surface area contributed by atoms with Crippen molar-refractivity contribution in [3.8, 4) is 5.69 Å². The van der Waals surface area contributed by atoms with Gasteiger partial charge in [0, 0.05) is 38.0 Å². The molecule has 1 aliphatic heterocycles. The van der Waals surface area contributed by atoms with E-state index in [-0.39, 0.29) is 18.1 Å². The summed E-state index contributed by atoms with van der Waals surface area (Å²) in [5, 5.41) is 7.74. The number of hydrogen-bond donors (Lipinski definition) is 1. The van der Waals surface area contributed by atoms with Crippen LogP contribution in [0.2, 0.25) is 0 Å². The number of imidazole rings is 1. The van der Waals surface area contributed by atoms with E-state index in [1.54, 1.807) is 48.7 Å². The number of nitrogens with zero attached hydrogens (tertiary/aromatic N) is 5. The van der Waals surface area contributed by atoms with E-state index in [9.17, 15) is 4.79 Å². The highest BCUT2D eigenvalue weighted by Crippen LogP contribution is 2.32. The fourth-order valence-corrected chi connectivity index (χ4v) is 3.18. The largest absolute Gasteiger partial charge is 0.380 e. The Morgan fingerprint density at radius 1 is 1.28 bits per heavy atom. The first kappa shape index (κ1) is 15.5. The highest BCUT2D eigenvalue weighted by molar-refractivity contribution is 5.94. The second-order valence-corrected chi connectivity index (χ2v) is 5.94. The van der Waals surface area contributed by atoms with Crippen molar-refractivity contribution in [1.29, 1.82) is 0 Å². The molecule has 1 unspecified atom stereocenters. The molecular weight excluding hydrogens is 320 g/mol. The molecule has 1 aromatic carbocycles. The van der Waals surface area contributed by atoms with Crippen molar-refractivity contribution in [1.82, 2.24) is 29.9 Å². The van der Waals surface area contributed by atoms with Crippen molar-refractivity contribution in [2.75, 3.05) is 13.7 Å². The van der Waals surface area contributed by atoms with Gasteiger partial charge in [0.15, 0.2) is 0 Å². The van der Waals surface area contributed by atoms with Crippen LogP contribution >= 0.6 is 0 Å². The number of amides is 1. The Bertz CT molecular complexity index is 829. The number of hydrogen-bond acceptors (Lipinski definition) is 5. The SMILES string of the molecule is CO[C@@H]1CC(c2ncc[nH]2)N(C(=O)c2ccc(-n3ccnn3)cc2)C1. The summed E-state index contributed by atoms with van der Waals surface area (Å²) >= 11 is 0. The average Bonchev–Trinajstić information content (AvgIpc) is 3.42. The van der Waals surface area contributed by atoms with Gasteiger partial charge in [-0.25, -0.2) is 9.67 Å². The Morgan fingerprint density at radius 3 is 2.76 bits per heavy atom. The number of rotatable bonds is 4. The number of likely N-dealkylation sites (tertiary alicyclic amines) is 1. The zero-order chi connectivity index (χ0) is 17.2. The quantitative estimate of drug-likeness (QED) is 0.780. The third kappa shape index (κ3) is 2.91. The van der Waals surface area contributed by atoms with Crippen molar-refractivity contribution in [2.45, 2.75) is 18.6 Å². The molecule has 8 nitrogen and oxygen atoms in total. The molecule has 0 aliphatic carbocycles. The number of carbonyl (C=O) groups excluding carboxylic acids is 1. The Kier molecular flexibility index (Phi) is 4.02. The molecule has 128 valence electrons. The molecule has 0 radical (unpaired) electrons. The van der Waals surface area contributed by atoms with Crippen LogP contribution in [0.1, 0.15) is 28.6 Å². The lowest BCUT2D eigenvalue weighted by molar-refractivity contribution is 0.0684. The fraction of sp³-hybridized carbons (Fsp3) is 0.294. The molecule has 4 rings (SSSR count). The van der Waals surface area contributed by atoms with Crippen molar-refractivity contribution in [3.63, 3.8) is 0 Å². The minimum absolute atomic E-state index is 0.00784. The minimum Gasteiger partial charge on any atom is -0.380 e. The minimum atomic E-state index is -0.109. The predicted octanol–water partition coefficient (Wildman–Crippen LogP) is 1.59. The molecule has 1 aliphatic rings. The number of H-pyrrole nitrogens is 1. The third-order valence-corrected chi connectivity index (χ3v) is 4.49. The molecular formula is C17H18N6O2. The van der Waals surface area contributed by atoms with Crippen molar-refractivity contribution >= 4 is 5.91 Å². The first-order valence-electron chi connectivity index (χ1n) is 8.06. The normalized spacial score (nSPS) is 20.1. The number of aromatic nitrogens is 5. The Morgan fingerprint density at radius 2 is 2.12 bits per heavy atom. The van der Waals surface area contributed by atoms with Crippen LogP contribution < -0.4 is 0 Å². The van der Waals surface area contributed by atoms with E-state index in [0.29, 0.717) is 12.1 Å². The highest BCUT2D eigenvalue weighted by atomic mass is 16.5. The summed E-state index contributed by atoms with van der Waals surface area (Å²) in [6.45, 7) is 0.547. The smallest absolute Gasteiger partial charge is 0.254 e. The summed E-state index contributed by atoms with van der Waals surface area (Å²) in [5.41, 5.74) is 1.48. The van der Waals surface area contributed by atoms with Gasteiger partial charge in [-0.05, 0) is 24.3 Å². The van der Waals surface area contributed by atoms with Crippen LogP contribution in [0.15, 0.2) is 49.1 Å². The van der Waals surface area contributed by atoms with Gasteiger partial charge in [0.2, 0.25) is 0 Å². The fourth-order valence-electron chi connectivity index (χ4n) is 3.18. The molecule has 0 spiro atoms. The second-order valence-electron chi connectivity index (χ2n) is 5.94. The maximum Gasteiger partial charge on any atom is 0.254 e. The van der Waals surface area contributed by atoms with Gasteiger partial charge in [-0.1, -0.05) is 5.21 Å². The maximum absolute atomic E-state index is 13.0. The number of benzene rings is 1. The van der Waals surface area contributed by atoms with Gasteiger partial charge in [-0.15, -0.1) is 5.10 Å². The second kappa shape index (κ2) is 6.48.